The topological polar surface area (TPSA) is 50.7 Å². The van der Waals surface area contributed by atoms with Crippen LogP contribution in [0.15, 0.2) is 30.7 Å². The van der Waals surface area contributed by atoms with Crippen molar-refractivity contribution in [1.29, 1.82) is 0 Å². The van der Waals surface area contributed by atoms with Gasteiger partial charge in [-0.2, -0.15) is 0 Å². The predicted octanol–water partition coefficient (Wildman–Crippen LogP) is 2.10. The van der Waals surface area contributed by atoms with Crippen LogP contribution in [-0.2, 0) is 6.54 Å². The quantitative estimate of drug-likeness (QED) is 0.850. The Morgan fingerprint density at radius 3 is 2.81 bits per heavy atom. The van der Waals surface area contributed by atoms with Crippen LogP contribution in [0, 0.1) is 13.8 Å². The molecule has 2 rings (SSSR count). The van der Waals surface area contributed by atoms with Crippen LogP contribution in [0.4, 0.5) is 5.95 Å². The fraction of sp³-hybridized carbons (Fsp3) is 0.250. The Kier molecular flexibility index (Phi) is 3.10. The molecule has 0 saturated carbocycles. The number of hydrogen-bond donors (Lipinski definition) is 1. The molecule has 4 nitrogen and oxygen atoms in total. The van der Waals surface area contributed by atoms with E-state index < -0.39 is 0 Å². The van der Waals surface area contributed by atoms with Crippen LogP contribution in [0.25, 0.3) is 0 Å². The normalized spacial score (nSPS) is 10.1. The molecular formula is C12H14N4. The number of nitrogens with zero attached hydrogens (tertiary/aromatic N) is 3. The number of hydrogen-bond acceptors (Lipinski definition) is 4. The maximum atomic E-state index is 4.28. The first-order valence-corrected chi connectivity index (χ1v) is 5.19. The minimum atomic E-state index is 0.663. The molecule has 0 aliphatic carbocycles. The molecule has 1 N–H and O–H groups in total. The molecule has 0 amide bonds. The summed E-state index contributed by atoms with van der Waals surface area (Å²) in [7, 11) is 0. The number of aryl methyl sites for hydroxylation is 2. The largest absolute Gasteiger partial charge is 0.350 e. The van der Waals surface area contributed by atoms with Crippen LogP contribution < -0.4 is 5.32 Å². The monoisotopic (exact) mass is 214 g/mol. The van der Waals surface area contributed by atoms with Gasteiger partial charge in [0, 0.05) is 30.8 Å². The summed E-state index contributed by atoms with van der Waals surface area (Å²) in [5.41, 5.74) is 3.34. The van der Waals surface area contributed by atoms with Crippen molar-refractivity contribution in [3.05, 3.63) is 47.5 Å². The van der Waals surface area contributed by atoms with Crippen molar-refractivity contribution < 1.29 is 0 Å². The van der Waals surface area contributed by atoms with Crippen molar-refractivity contribution in [2.24, 2.45) is 0 Å². The molecule has 0 atom stereocenters. The smallest absolute Gasteiger partial charge is 0.223 e. The van der Waals surface area contributed by atoms with Crippen LogP contribution in [0.3, 0.4) is 0 Å². The fourth-order valence-electron chi connectivity index (χ4n) is 1.41. The lowest BCUT2D eigenvalue weighted by Gasteiger charge is -2.07. The van der Waals surface area contributed by atoms with Gasteiger partial charge in [-0.05, 0) is 37.1 Å². The number of aromatic nitrogens is 3. The summed E-state index contributed by atoms with van der Waals surface area (Å²) in [5, 5.41) is 3.19. The molecule has 0 radical (unpaired) electrons. The van der Waals surface area contributed by atoms with E-state index in [2.05, 4.69) is 20.3 Å². The maximum Gasteiger partial charge on any atom is 0.223 e. The van der Waals surface area contributed by atoms with Gasteiger partial charge < -0.3 is 5.32 Å². The highest BCUT2D eigenvalue weighted by molar-refractivity contribution is 5.30. The second kappa shape index (κ2) is 4.70. The number of anilines is 1. The second-order valence-electron chi connectivity index (χ2n) is 3.68. The summed E-state index contributed by atoms with van der Waals surface area (Å²) >= 11 is 0. The van der Waals surface area contributed by atoms with Gasteiger partial charge in [-0.1, -0.05) is 0 Å². The highest BCUT2D eigenvalue weighted by Gasteiger charge is 1.99. The van der Waals surface area contributed by atoms with Gasteiger partial charge in [-0.3, -0.25) is 4.98 Å². The average Bonchev–Trinajstić information content (AvgIpc) is 2.28. The van der Waals surface area contributed by atoms with Gasteiger partial charge in [-0.25, -0.2) is 9.97 Å². The summed E-state index contributed by atoms with van der Waals surface area (Å²) in [5.74, 6) is 0.663. The van der Waals surface area contributed by atoms with Crippen LogP contribution in [-0.4, -0.2) is 15.0 Å². The molecular weight excluding hydrogens is 200 g/mol. The van der Waals surface area contributed by atoms with Crippen molar-refractivity contribution in [1.82, 2.24) is 15.0 Å². The standard InChI is InChI=1S/C12H14N4/c1-9-7-13-5-4-11(9)8-15-12-14-6-3-10(2)16-12/h3-7H,8H2,1-2H3,(H,14,15,16). The molecule has 0 aliphatic rings. The Labute approximate surface area is 94.8 Å². The van der Waals surface area contributed by atoms with E-state index in [-0.39, 0.29) is 0 Å². The zero-order valence-corrected chi connectivity index (χ0v) is 9.44. The Morgan fingerprint density at radius 1 is 1.19 bits per heavy atom. The highest BCUT2D eigenvalue weighted by atomic mass is 15.1. The molecule has 0 bridgehead atoms. The molecule has 2 aromatic heterocycles. The van der Waals surface area contributed by atoms with Gasteiger partial charge in [0.1, 0.15) is 0 Å². The van der Waals surface area contributed by atoms with E-state index >= 15 is 0 Å². The molecule has 16 heavy (non-hydrogen) atoms. The first kappa shape index (κ1) is 10.5. The van der Waals surface area contributed by atoms with Gasteiger partial charge in [0.25, 0.3) is 0 Å². The first-order valence-electron chi connectivity index (χ1n) is 5.19. The molecule has 0 aromatic carbocycles. The summed E-state index contributed by atoms with van der Waals surface area (Å²) in [4.78, 5) is 12.5. The second-order valence-corrected chi connectivity index (χ2v) is 3.68. The van der Waals surface area contributed by atoms with E-state index in [1.807, 2.05) is 32.2 Å². The highest BCUT2D eigenvalue weighted by Crippen LogP contribution is 2.07. The van der Waals surface area contributed by atoms with Gasteiger partial charge >= 0.3 is 0 Å². The number of nitrogens with one attached hydrogen (secondary N) is 1. The van der Waals surface area contributed by atoms with E-state index in [0.29, 0.717) is 5.95 Å². The molecule has 82 valence electrons. The van der Waals surface area contributed by atoms with Gasteiger partial charge in [0.2, 0.25) is 5.95 Å². The van der Waals surface area contributed by atoms with E-state index in [1.54, 1.807) is 12.4 Å². The third-order valence-corrected chi connectivity index (χ3v) is 2.37. The van der Waals surface area contributed by atoms with Crippen molar-refractivity contribution in [2.75, 3.05) is 5.32 Å². The van der Waals surface area contributed by atoms with E-state index in [1.165, 1.54) is 11.1 Å². The van der Waals surface area contributed by atoms with Gasteiger partial charge in [0.15, 0.2) is 0 Å². The van der Waals surface area contributed by atoms with Gasteiger partial charge in [-0.15, -0.1) is 0 Å². The average molecular weight is 214 g/mol. The lowest BCUT2D eigenvalue weighted by molar-refractivity contribution is 1.01. The maximum absolute atomic E-state index is 4.28. The lowest BCUT2D eigenvalue weighted by Crippen LogP contribution is -2.05. The van der Waals surface area contributed by atoms with Crippen LogP contribution >= 0.6 is 0 Å². The van der Waals surface area contributed by atoms with Crippen molar-refractivity contribution in [3.63, 3.8) is 0 Å². The van der Waals surface area contributed by atoms with E-state index in [4.69, 9.17) is 0 Å². The Bertz CT molecular complexity index is 482. The van der Waals surface area contributed by atoms with E-state index in [0.717, 1.165) is 12.2 Å². The molecule has 2 heterocycles. The van der Waals surface area contributed by atoms with Crippen LogP contribution in [0.2, 0.25) is 0 Å². The van der Waals surface area contributed by atoms with Crippen LogP contribution in [0.1, 0.15) is 16.8 Å². The fourth-order valence-corrected chi connectivity index (χ4v) is 1.41. The zero-order valence-electron chi connectivity index (χ0n) is 9.44. The number of rotatable bonds is 3. The molecule has 0 spiro atoms. The summed E-state index contributed by atoms with van der Waals surface area (Å²) in [6.07, 6.45) is 5.40. The number of pyridine rings is 1. The Hall–Kier alpha value is -1.97. The molecule has 0 unspecified atom stereocenters. The summed E-state index contributed by atoms with van der Waals surface area (Å²) in [6.45, 7) is 4.71. The van der Waals surface area contributed by atoms with Crippen LogP contribution in [0.5, 0.6) is 0 Å². The molecule has 2 aromatic rings. The summed E-state index contributed by atoms with van der Waals surface area (Å²) in [6, 6.07) is 3.88. The first-order chi connectivity index (χ1) is 7.75. The third kappa shape index (κ3) is 2.53. The zero-order chi connectivity index (χ0) is 11.4. The lowest BCUT2D eigenvalue weighted by atomic mass is 10.1. The Morgan fingerprint density at radius 2 is 2.06 bits per heavy atom. The van der Waals surface area contributed by atoms with Crippen molar-refractivity contribution >= 4 is 5.95 Å². The van der Waals surface area contributed by atoms with E-state index in [9.17, 15) is 0 Å². The Balaban J connectivity index is 2.05. The minimum Gasteiger partial charge on any atom is -0.350 e. The minimum absolute atomic E-state index is 0.663. The third-order valence-electron chi connectivity index (χ3n) is 2.37. The van der Waals surface area contributed by atoms with Gasteiger partial charge in [0.05, 0.1) is 0 Å². The van der Waals surface area contributed by atoms with Crippen molar-refractivity contribution in [3.8, 4) is 0 Å². The molecule has 0 aliphatic heterocycles. The SMILES string of the molecule is Cc1ccnc(NCc2ccncc2C)n1. The molecule has 0 fully saturated rings. The summed E-state index contributed by atoms with van der Waals surface area (Å²) < 4.78 is 0. The molecule has 0 saturated heterocycles. The molecule has 4 heteroatoms. The van der Waals surface area contributed by atoms with Crippen molar-refractivity contribution in [2.45, 2.75) is 20.4 Å². The predicted molar refractivity (Wildman–Crippen MR) is 63.1 cm³/mol.